The van der Waals surface area contributed by atoms with Gasteiger partial charge in [0.25, 0.3) is 0 Å². The Balaban J connectivity index is 1.64. The van der Waals surface area contributed by atoms with Gasteiger partial charge in [0.2, 0.25) is 0 Å². The summed E-state index contributed by atoms with van der Waals surface area (Å²) in [7, 11) is -3.66. The summed E-state index contributed by atoms with van der Waals surface area (Å²) in [6.07, 6.45) is 0. The Morgan fingerprint density at radius 3 is 1.58 bits per heavy atom. The molecule has 4 nitrogen and oxygen atoms in total. The SMILES string of the molecule is O=P1(Oc2ccccc2)OCC(c2ccccc2)(c2ccccc2)CO1. The first-order valence-corrected chi connectivity index (χ1v) is 9.91. The zero-order valence-corrected chi connectivity index (χ0v) is 15.0. The van der Waals surface area contributed by atoms with Crippen LogP contribution in [0.5, 0.6) is 5.75 Å². The van der Waals surface area contributed by atoms with Crippen LogP contribution in [0.15, 0.2) is 91.0 Å². The van der Waals surface area contributed by atoms with Crippen LogP contribution in [-0.4, -0.2) is 13.2 Å². The highest BCUT2D eigenvalue weighted by Crippen LogP contribution is 2.56. The second kappa shape index (κ2) is 7.08. The number of phosphoric acid groups is 1. The maximum atomic E-state index is 12.9. The van der Waals surface area contributed by atoms with E-state index in [1.54, 1.807) is 12.1 Å². The lowest BCUT2D eigenvalue weighted by Crippen LogP contribution is -2.41. The lowest BCUT2D eigenvalue weighted by atomic mass is 9.76. The molecule has 3 aromatic carbocycles. The predicted molar refractivity (Wildman–Crippen MR) is 100 cm³/mol. The molecule has 0 atom stereocenters. The molecule has 1 heterocycles. The van der Waals surface area contributed by atoms with Crippen LogP contribution < -0.4 is 4.52 Å². The molecule has 0 radical (unpaired) electrons. The lowest BCUT2D eigenvalue weighted by molar-refractivity contribution is 0.0578. The molecule has 0 aromatic heterocycles. The van der Waals surface area contributed by atoms with Crippen molar-refractivity contribution in [1.82, 2.24) is 0 Å². The molecule has 132 valence electrons. The third-order valence-electron chi connectivity index (χ3n) is 4.55. The topological polar surface area (TPSA) is 44.8 Å². The van der Waals surface area contributed by atoms with Gasteiger partial charge < -0.3 is 4.52 Å². The van der Waals surface area contributed by atoms with Crippen molar-refractivity contribution >= 4 is 7.82 Å². The first-order valence-electron chi connectivity index (χ1n) is 8.45. The van der Waals surface area contributed by atoms with Gasteiger partial charge in [-0.3, -0.25) is 9.05 Å². The summed E-state index contributed by atoms with van der Waals surface area (Å²) in [5.74, 6) is 0.461. The normalized spacial score (nSPS) is 18.2. The fraction of sp³-hybridized carbons (Fsp3) is 0.143. The van der Waals surface area contributed by atoms with Crippen molar-refractivity contribution in [2.75, 3.05) is 13.2 Å². The number of hydrogen-bond acceptors (Lipinski definition) is 4. The van der Waals surface area contributed by atoms with Crippen molar-refractivity contribution in [3.63, 3.8) is 0 Å². The van der Waals surface area contributed by atoms with Gasteiger partial charge in [-0.05, 0) is 23.3 Å². The van der Waals surface area contributed by atoms with Crippen LogP contribution in [0.4, 0.5) is 0 Å². The van der Waals surface area contributed by atoms with Gasteiger partial charge in [-0.25, -0.2) is 4.57 Å². The van der Waals surface area contributed by atoms with Crippen LogP contribution in [0.3, 0.4) is 0 Å². The molecule has 1 aliphatic heterocycles. The summed E-state index contributed by atoms with van der Waals surface area (Å²) < 4.78 is 29.8. The highest BCUT2D eigenvalue weighted by molar-refractivity contribution is 7.49. The first-order chi connectivity index (χ1) is 12.7. The molecular formula is C21H19O4P. The van der Waals surface area contributed by atoms with Crippen LogP contribution in [0.1, 0.15) is 11.1 Å². The summed E-state index contributed by atoms with van der Waals surface area (Å²) in [6, 6.07) is 28.9. The fourth-order valence-corrected chi connectivity index (χ4v) is 4.45. The Labute approximate surface area is 153 Å². The lowest BCUT2D eigenvalue weighted by Gasteiger charge is -2.39. The van der Waals surface area contributed by atoms with E-state index in [4.69, 9.17) is 13.6 Å². The van der Waals surface area contributed by atoms with Crippen molar-refractivity contribution in [3.8, 4) is 5.75 Å². The Kier molecular flexibility index (Phi) is 4.64. The number of phosphoric ester groups is 1. The van der Waals surface area contributed by atoms with Crippen LogP contribution in [0, 0.1) is 0 Å². The molecule has 0 aliphatic carbocycles. The summed E-state index contributed by atoms with van der Waals surface area (Å²) in [4.78, 5) is 0. The Morgan fingerprint density at radius 1 is 0.692 bits per heavy atom. The maximum absolute atomic E-state index is 12.9. The molecule has 5 heteroatoms. The highest BCUT2D eigenvalue weighted by atomic mass is 31.2. The minimum absolute atomic E-state index is 0.213. The van der Waals surface area contributed by atoms with Crippen LogP contribution >= 0.6 is 7.82 Å². The van der Waals surface area contributed by atoms with Gasteiger partial charge in [-0.1, -0.05) is 78.9 Å². The van der Waals surface area contributed by atoms with E-state index >= 15 is 0 Å². The summed E-state index contributed by atoms with van der Waals surface area (Å²) >= 11 is 0. The van der Waals surface area contributed by atoms with Gasteiger partial charge in [0.1, 0.15) is 5.75 Å². The quantitative estimate of drug-likeness (QED) is 0.595. The average Bonchev–Trinajstić information content (AvgIpc) is 2.71. The number of hydrogen-bond donors (Lipinski definition) is 0. The van der Waals surface area contributed by atoms with E-state index in [0.29, 0.717) is 5.75 Å². The van der Waals surface area contributed by atoms with Crippen molar-refractivity contribution in [2.45, 2.75) is 5.41 Å². The van der Waals surface area contributed by atoms with E-state index in [1.165, 1.54) is 0 Å². The van der Waals surface area contributed by atoms with E-state index in [-0.39, 0.29) is 13.2 Å². The summed E-state index contributed by atoms with van der Waals surface area (Å²) in [5, 5.41) is 0. The van der Waals surface area contributed by atoms with Crippen LogP contribution in [0.2, 0.25) is 0 Å². The van der Waals surface area contributed by atoms with Gasteiger partial charge in [-0.15, -0.1) is 0 Å². The maximum Gasteiger partial charge on any atom is 0.530 e. The molecule has 1 fully saturated rings. The molecule has 1 aliphatic rings. The van der Waals surface area contributed by atoms with Crippen molar-refractivity contribution < 1.29 is 18.1 Å². The summed E-state index contributed by atoms with van der Waals surface area (Å²) in [5.41, 5.74) is 1.57. The van der Waals surface area contributed by atoms with E-state index in [9.17, 15) is 4.57 Å². The van der Waals surface area contributed by atoms with Gasteiger partial charge in [0.05, 0.1) is 18.6 Å². The molecule has 0 amide bonds. The van der Waals surface area contributed by atoms with Crippen molar-refractivity contribution in [2.24, 2.45) is 0 Å². The molecule has 4 rings (SSSR count). The van der Waals surface area contributed by atoms with Crippen molar-refractivity contribution in [1.29, 1.82) is 0 Å². The zero-order valence-electron chi connectivity index (χ0n) is 14.2. The smallest absolute Gasteiger partial charge is 0.404 e. The first kappa shape index (κ1) is 17.0. The largest absolute Gasteiger partial charge is 0.530 e. The third kappa shape index (κ3) is 3.32. The van der Waals surface area contributed by atoms with Crippen molar-refractivity contribution in [3.05, 3.63) is 102 Å². The standard InChI is InChI=1S/C21H19O4P/c22-26(25-20-14-8-3-9-15-20)23-16-21(17-24-26,18-10-4-1-5-11-18)19-12-6-2-7-13-19/h1-15H,16-17H2. The van der Waals surface area contributed by atoms with Gasteiger partial charge in [0, 0.05) is 0 Å². The molecule has 26 heavy (non-hydrogen) atoms. The average molecular weight is 366 g/mol. The second-order valence-electron chi connectivity index (χ2n) is 6.21. The number of benzene rings is 3. The Morgan fingerprint density at radius 2 is 1.12 bits per heavy atom. The van der Waals surface area contributed by atoms with E-state index < -0.39 is 13.2 Å². The fourth-order valence-electron chi connectivity index (χ4n) is 3.13. The molecular weight excluding hydrogens is 347 g/mol. The molecule has 0 saturated carbocycles. The minimum atomic E-state index is -3.66. The third-order valence-corrected chi connectivity index (χ3v) is 5.88. The van der Waals surface area contributed by atoms with E-state index in [0.717, 1.165) is 11.1 Å². The van der Waals surface area contributed by atoms with Crippen LogP contribution in [-0.2, 0) is 19.0 Å². The van der Waals surface area contributed by atoms with Gasteiger partial charge in [0.15, 0.2) is 0 Å². The molecule has 0 N–H and O–H groups in total. The van der Waals surface area contributed by atoms with E-state index in [2.05, 4.69) is 0 Å². The number of para-hydroxylation sites is 1. The predicted octanol–water partition coefficient (Wildman–Crippen LogP) is 5.21. The summed E-state index contributed by atoms with van der Waals surface area (Å²) in [6.45, 7) is 0.427. The second-order valence-corrected chi connectivity index (χ2v) is 7.81. The number of rotatable bonds is 4. The minimum Gasteiger partial charge on any atom is -0.404 e. The molecule has 0 bridgehead atoms. The van der Waals surface area contributed by atoms with E-state index in [1.807, 2.05) is 78.9 Å². The molecule has 3 aromatic rings. The monoisotopic (exact) mass is 366 g/mol. The zero-order chi connectivity index (χ0) is 17.9. The van der Waals surface area contributed by atoms with Gasteiger partial charge >= 0.3 is 7.82 Å². The Bertz CT molecular complexity index is 844. The molecule has 1 saturated heterocycles. The molecule has 0 unspecified atom stereocenters. The van der Waals surface area contributed by atoms with Crippen LogP contribution in [0.25, 0.3) is 0 Å². The molecule has 0 spiro atoms. The highest BCUT2D eigenvalue weighted by Gasteiger charge is 2.46. The van der Waals surface area contributed by atoms with Gasteiger partial charge in [-0.2, -0.15) is 0 Å². The Hall–Kier alpha value is -2.39.